The lowest BCUT2D eigenvalue weighted by Gasteiger charge is -2.12. The fourth-order valence-corrected chi connectivity index (χ4v) is 3.31. The molecule has 1 amide bonds. The second-order valence-electron chi connectivity index (χ2n) is 6.46. The summed E-state index contributed by atoms with van der Waals surface area (Å²) in [7, 11) is 0. The predicted molar refractivity (Wildman–Crippen MR) is 98.1 cm³/mol. The number of aryl methyl sites for hydroxylation is 1. The van der Waals surface area contributed by atoms with Crippen LogP contribution in [-0.4, -0.2) is 27.1 Å². The number of hydrogen-bond acceptors (Lipinski definition) is 4. The Morgan fingerprint density at radius 1 is 1.23 bits per heavy atom. The van der Waals surface area contributed by atoms with Crippen molar-refractivity contribution in [3.63, 3.8) is 0 Å². The molecule has 0 radical (unpaired) electrons. The number of aromatic nitrogens is 2. The smallest absolute Gasteiger partial charge is 0.261 e. The summed E-state index contributed by atoms with van der Waals surface area (Å²) in [6.45, 7) is 0.817. The van der Waals surface area contributed by atoms with E-state index in [-0.39, 0.29) is 18.0 Å². The van der Waals surface area contributed by atoms with Crippen LogP contribution in [0.2, 0.25) is 0 Å². The van der Waals surface area contributed by atoms with E-state index in [4.69, 9.17) is 0 Å². The second-order valence-corrected chi connectivity index (χ2v) is 6.46. The molecule has 1 atom stereocenters. The first-order valence-corrected chi connectivity index (χ1v) is 8.68. The molecule has 0 aliphatic carbocycles. The van der Waals surface area contributed by atoms with E-state index in [1.165, 1.54) is 0 Å². The van der Waals surface area contributed by atoms with E-state index in [9.17, 15) is 14.7 Å². The van der Waals surface area contributed by atoms with Crippen molar-refractivity contribution in [3.8, 4) is 0 Å². The zero-order chi connectivity index (χ0) is 18.1. The van der Waals surface area contributed by atoms with Crippen molar-refractivity contribution in [2.75, 3.05) is 6.54 Å². The topological polar surface area (TPSA) is 84.2 Å². The molecule has 0 saturated heterocycles. The third-order valence-corrected chi connectivity index (χ3v) is 4.72. The van der Waals surface area contributed by atoms with Crippen molar-refractivity contribution in [2.24, 2.45) is 0 Å². The van der Waals surface area contributed by atoms with Crippen LogP contribution >= 0.6 is 0 Å². The summed E-state index contributed by atoms with van der Waals surface area (Å²) in [4.78, 5) is 29.4. The van der Waals surface area contributed by atoms with Crippen molar-refractivity contribution in [3.05, 3.63) is 75.8 Å². The maximum atomic E-state index is 12.5. The van der Waals surface area contributed by atoms with Crippen LogP contribution < -0.4 is 10.9 Å². The number of carbonyl (C=O) groups is 1. The van der Waals surface area contributed by atoms with Gasteiger partial charge in [-0.1, -0.05) is 30.3 Å². The number of nitrogens with one attached hydrogen (secondary N) is 1. The Morgan fingerprint density at radius 2 is 2.04 bits per heavy atom. The Kier molecular flexibility index (Phi) is 4.26. The molecule has 3 aromatic rings. The van der Waals surface area contributed by atoms with Crippen molar-refractivity contribution >= 4 is 16.8 Å². The summed E-state index contributed by atoms with van der Waals surface area (Å²) in [5.41, 5.74) is 1.66. The molecule has 6 heteroatoms. The molecule has 6 nitrogen and oxygen atoms in total. The Hall–Kier alpha value is -2.99. The molecule has 1 aliphatic heterocycles. The number of aliphatic hydroxyl groups is 1. The molecule has 2 heterocycles. The molecule has 0 saturated carbocycles. The Morgan fingerprint density at radius 3 is 2.85 bits per heavy atom. The Labute approximate surface area is 150 Å². The minimum Gasteiger partial charge on any atom is -0.387 e. The van der Waals surface area contributed by atoms with Gasteiger partial charge in [-0.15, -0.1) is 0 Å². The van der Waals surface area contributed by atoms with Gasteiger partial charge < -0.3 is 10.4 Å². The van der Waals surface area contributed by atoms with E-state index < -0.39 is 6.10 Å². The molecule has 1 aromatic heterocycles. The second kappa shape index (κ2) is 6.72. The predicted octanol–water partition coefficient (Wildman–Crippen LogP) is 1.81. The quantitative estimate of drug-likeness (QED) is 0.752. The number of nitrogens with zero attached hydrogens (tertiary/aromatic N) is 2. The summed E-state index contributed by atoms with van der Waals surface area (Å²) in [6.07, 6.45) is 0.931. The average molecular weight is 349 g/mol. The largest absolute Gasteiger partial charge is 0.387 e. The van der Waals surface area contributed by atoms with E-state index in [0.717, 1.165) is 24.2 Å². The minimum absolute atomic E-state index is 0.0473. The van der Waals surface area contributed by atoms with Gasteiger partial charge in [0.25, 0.3) is 11.5 Å². The first kappa shape index (κ1) is 16.5. The molecule has 26 heavy (non-hydrogen) atoms. The fraction of sp³-hybridized carbons (Fsp3) is 0.250. The maximum Gasteiger partial charge on any atom is 0.261 e. The summed E-state index contributed by atoms with van der Waals surface area (Å²) < 4.78 is 1.71. The molecule has 4 rings (SSSR count). The summed E-state index contributed by atoms with van der Waals surface area (Å²) in [5.74, 6) is 0.476. The number of amides is 1. The number of fused-ring (bicyclic) bond motifs is 2. The van der Waals surface area contributed by atoms with Crippen LogP contribution in [0.5, 0.6) is 0 Å². The lowest BCUT2D eigenvalue weighted by Crippen LogP contribution is -2.28. The molecule has 132 valence electrons. The molecule has 1 unspecified atom stereocenters. The number of rotatable bonds is 4. The third kappa shape index (κ3) is 2.99. The molecule has 1 aliphatic rings. The highest BCUT2D eigenvalue weighted by atomic mass is 16.3. The number of carbonyl (C=O) groups excluding carboxylic acids is 1. The zero-order valence-electron chi connectivity index (χ0n) is 14.2. The van der Waals surface area contributed by atoms with Crippen LogP contribution in [0.25, 0.3) is 10.9 Å². The number of aliphatic hydroxyl groups excluding tert-OH is 1. The van der Waals surface area contributed by atoms with Gasteiger partial charge in [-0.3, -0.25) is 14.2 Å². The van der Waals surface area contributed by atoms with Crippen molar-refractivity contribution in [1.29, 1.82) is 0 Å². The fourth-order valence-electron chi connectivity index (χ4n) is 3.31. The summed E-state index contributed by atoms with van der Waals surface area (Å²) >= 11 is 0. The standard InChI is InChI=1S/C20H19N3O3/c24-17(13-5-2-1-3-6-13)12-21-19(25)14-8-9-15-16(11-14)22-18-7-4-10-23(18)20(15)26/h1-3,5-6,8-9,11,17,24H,4,7,10,12H2,(H,21,25). The summed E-state index contributed by atoms with van der Waals surface area (Å²) in [5, 5.41) is 13.4. The first-order chi connectivity index (χ1) is 12.6. The van der Waals surface area contributed by atoms with Gasteiger partial charge in [-0.05, 0) is 30.2 Å². The number of benzene rings is 2. The van der Waals surface area contributed by atoms with E-state index in [1.54, 1.807) is 22.8 Å². The molecule has 2 aromatic carbocycles. The van der Waals surface area contributed by atoms with Crippen LogP contribution in [0.4, 0.5) is 0 Å². The zero-order valence-corrected chi connectivity index (χ0v) is 14.2. The van der Waals surface area contributed by atoms with Crippen LogP contribution in [0.1, 0.15) is 34.3 Å². The van der Waals surface area contributed by atoms with Crippen LogP contribution in [0.3, 0.4) is 0 Å². The van der Waals surface area contributed by atoms with Crippen LogP contribution in [0, 0.1) is 0 Å². The van der Waals surface area contributed by atoms with Crippen molar-refractivity contribution in [1.82, 2.24) is 14.9 Å². The highest BCUT2D eigenvalue weighted by molar-refractivity contribution is 5.97. The van der Waals surface area contributed by atoms with Gasteiger partial charge in [-0.2, -0.15) is 0 Å². The van der Waals surface area contributed by atoms with Crippen LogP contribution in [-0.2, 0) is 13.0 Å². The van der Waals surface area contributed by atoms with Gasteiger partial charge in [0.15, 0.2) is 0 Å². The SMILES string of the molecule is O=C(NCC(O)c1ccccc1)c1ccc2c(=O)n3c(nc2c1)CCC3. The molecule has 0 bridgehead atoms. The van der Waals surface area contributed by atoms with Gasteiger partial charge in [-0.25, -0.2) is 4.98 Å². The monoisotopic (exact) mass is 349 g/mol. The van der Waals surface area contributed by atoms with Gasteiger partial charge >= 0.3 is 0 Å². The highest BCUT2D eigenvalue weighted by Gasteiger charge is 2.17. The molecular weight excluding hydrogens is 330 g/mol. The third-order valence-electron chi connectivity index (χ3n) is 4.72. The first-order valence-electron chi connectivity index (χ1n) is 8.68. The van der Waals surface area contributed by atoms with Crippen molar-refractivity contribution in [2.45, 2.75) is 25.5 Å². The van der Waals surface area contributed by atoms with E-state index >= 15 is 0 Å². The molecular formula is C20H19N3O3. The lowest BCUT2D eigenvalue weighted by molar-refractivity contribution is 0.0916. The van der Waals surface area contributed by atoms with E-state index in [1.807, 2.05) is 30.3 Å². The normalized spacial score (nSPS) is 14.2. The number of hydrogen-bond donors (Lipinski definition) is 2. The maximum absolute atomic E-state index is 12.5. The van der Waals surface area contributed by atoms with Crippen molar-refractivity contribution < 1.29 is 9.90 Å². The Bertz CT molecular complexity index is 1030. The van der Waals surface area contributed by atoms with E-state index in [0.29, 0.717) is 23.0 Å². The van der Waals surface area contributed by atoms with E-state index in [2.05, 4.69) is 10.3 Å². The molecule has 0 fully saturated rings. The van der Waals surface area contributed by atoms with Gasteiger partial charge in [0.05, 0.1) is 17.0 Å². The minimum atomic E-state index is -0.772. The summed E-state index contributed by atoms with van der Waals surface area (Å²) in [6, 6.07) is 14.1. The average Bonchev–Trinajstić information content (AvgIpc) is 3.15. The van der Waals surface area contributed by atoms with Gasteiger partial charge in [0.2, 0.25) is 0 Å². The highest BCUT2D eigenvalue weighted by Crippen LogP contribution is 2.16. The van der Waals surface area contributed by atoms with Gasteiger partial charge in [0.1, 0.15) is 5.82 Å². The molecule has 0 spiro atoms. The lowest BCUT2D eigenvalue weighted by atomic mass is 10.1. The van der Waals surface area contributed by atoms with Gasteiger partial charge in [0, 0.05) is 25.1 Å². The van der Waals surface area contributed by atoms with Crippen LogP contribution in [0.15, 0.2) is 53.3 Å². The molecule has 2 N–H and O–H groups in total. The Balaban J connectivity index is 1.54.